The predicted octanol–water partition coefficient (Wildman–Crippen LogP) is 3.88. The van der Waals surface area contributed by atoms with Crippen LogP contribution in [0.4, 0.5) is 5.69 Å². The van der Waals surface area contributed by atoms with Gasteiger partial charge >= 0.3 is 0 Å². The van der Waals surface area contributed by atoms with Crippen molar-refractivity contribution in [3.05, 3.63) is 59.7 Å². The molecule has 29 heavy (non-hydrogen) atoms. The fourth-order valence-electron chi connectivity index (χ4n) is 3.09. The molecule has 1 unspecified atom stereocenters. The van der Waals surface area contributed by atoms with Crippen LogP contribution in [0.15, 0.2) is 48.5 Å². The van der Waals surface area contributed by atoms with E-state index in [1.165, 1.54) is 0 Å². The minimum Gasteiger partial charge on any atom is -0.492 e. The van der Waals surface area contributed by atoms with Crippen LogP contribution in [-0.4, -0.2) is 37.7 Å². The molecule has 0 bridgehead atoms. The van der Waals surface area contributed by atoms with Crippen LogP contribution in [0.2, 0.25) is 0 Å². The van der Waals surface area contributed by atoms with Crippen molar-refractivity contribution in [3.8, 4) is 5.75 Å². The summed E-state index contributed by atoms with van der Waals surface area (Å²) in [6.07, 6.45) is 2.09. The van der Waals surface area contributed by atoms with Crippen LogP contribution in [0.5, 0.6) is 5.75 Å². The number of carbonyl (C=O) groups excluding carboxylic acids is 2. The van der Waals surface area contributed by atoms with E-state index >= 15 is 0 Å². The molecule has 2 N–H and O–H groups in total. The summed E-state index contributed by atoms with van der Waals surface area (Å²) in [6, 6.07) is 14.0. The Bertz CT molecular complexity index is 844. The lowest BCUT2D eigenvalue weighted by molar-refractivity contribution is 0.0857. The number of ether oxygens (including phenoxy) is 2. The molecule has 0 radical (unpaired) electrons. The molecule has 2 aromatic carbocycles. The van der Waals surface area contributed by atoms with E-state index in [4.69, 9.17) is 9.47 Å². The third kappa shape index (κ3) is 6.06. The quantitative estimate of drug-likeness (QED) is 0.710. The second kappa shape index (κ2) is 10.1. The van der Waals surface area contributed by atoms with Gasteiger partial charge in [-0.15, -0.1) is 0 Å². The number of nitrogens with one attached hydrogen (secondary N) is 2. The Labute approximate surface area is 171 Å². The van der Waals surface area contributed by atoms with Crippen molar-refractivity contribution in [2.24, 2.45) is 5.92 Å². The van der Waals surface area contributed by atoms with E-state index < -0.39 is 0 Å². The van der Waals surface area contributed by atoms with Gasteiger partial charge in [-0.2, -0.15) is 0 Å². The molecule has 1 saturated heterocycles. The van der Waals surface area contributed by atoms with Gasteiger partial charge in [-0.25, -0.2) is 0 Å². The van der Waals surface area contributed by atoms with Crippen LogP contribution < -0.4 is 15.4 Å². The van der Waals surface area contributed by atoms with Gasteiger partial charge in [-0.3, -0.25) is 9.59 Å². The van der Waals surface area contributed by atoms with E-state index in [2.05, 4.69) is 24.5 Å². The van der Waals surface area contributed by atoms with Crippen LogP contribution >= 0.6 is 0 Å². The van der Waals surface area contributed by atoms with Gasteiger partial charge in [0.1, 0.15) is 5.75 Å². The van der Waals surface area contributed by atoms with Crippen molar-refractivity contribution >= 4 is 17.5 Å². The van der Waals surface area contributed by atoms with Crippen LogP contribution in [0, 0.1) is 5.92 Å². The molecule has 0 aromatic heterocycles. The van der Waals surface area contributed by atoms with E-state index in [1.807, 2.05) is 6.07 Å². The van der Waals surface area contributed by atoms with Crippen LogP contribution in [0.1, 0.15) is 47.4 Å². The first-order chi connectivity index (χ1) is 14.0. The molecule has 1 fully saturated rings. The first kappa shape index (κ1) is 20.9. The van der Waals surface area contributed by atoms with Gasteiger partial charge in [0.25, 0.3) is 11.8 Å². The fourth-order valence-corrected chi connectivity index (χ4v) is 3.09. The van der Waals surface area contributed by atoms with Crippen molar-refractivity contribution < 1.29 is 19.1 Å². The second-order valence-electron chi connectivity index (χ2n) is 7.58. The third-order valence-electron chi connectivity index (χ3n) is 4.60. The Balaban J connectivity index is 1.64. The van der Waals surface area contributed by atoms with Crippen molar-refractivity contribution in [2.75, 3.05) is 25.1 Å². The predicted molar refractivity (Wildman–Crippen MR) is 112 cm³/mol. The summed E-state index contributed by atoms with van der Waals surface area (Å²) < 4.78 is 11.3. The van der Waals surface area contributed by atoms with Crippen molar-refractivity contribution in [1.29, 1.82) is 0 Å². The molecule has 1 heterocycles. The number of para-hydroxylation sites is 1. The van der Waals surface area contributed by atoms with E-state index in [1.54, 1.807) is 42.5 Å². The summed E-state index contributed by atoms with van der Waals surface area (Å²) in [5.41, 5.74) is 1.50. The van der Waals surface area contributed by atoms with Gasteiger partial charge < -0.3 is 20.1 Å². The third-order valence-corrected chi connectivity index (χ3v) is 4.60. The highest BCUT2D eigenvalue weighted by Crippen LogP contribution is 2.21. The van der Waals surface area contributed by atoms with Gasteiger partial charge in [0.05, 0.1) is 18.3 Å². The molecule has 0 spiro atoms. The zero-order valence-corrected chi connectivity index (χ0v) is 16.9. The lowest BCUT2D eigenvalue weighted by Crippen LogP contribution is -2.31. The molecule has 1 atom stereocenters. The molecular weight excluding hydrogens is 368 g/mol. The standard InChI is InChI=1S/C23H28N2O4/c1-16(2)15-29-21-11-4-3-10-20(21)23(27)25-18-8-5-7-17(13-18)22(26)24-14-19-9-6-12-28-19/h3-5,7-8,10-11,13,16,19H,6,9,12,14-15H2,1-2H3,(H,24,26)(H,25,27). The lowest BCUT2D eigenvalue weighted by atomic mass is 10.1. The van der Waals surface area contributed by atoms with Gasteiger partial charge in [-0.05, 0) is 49.1 Å². The van der Waals surface area contributed by atoms with Gasteiger partial charge in [-0.1, -0.05) is 32.0 Å². The zero-order chi connectivity index (χ0) is 20.6. The average molecular weight is 396 g/mol. The highest BCUT2D eigenvalue weighted by atomic mass is 16.5. The van der Waals surface area contributed by atoms with Crippen molar-refractivity contribution in [3.63, 3.8) is 0 Å². The summed E-state index contributed by atoms with van der Waals surface area (Å²) in [7, 11) is 0. The highest BCUT2D eigenvalue weighted by Gasteiger charge is 2.17. The second-order valence-corrected chi connectivity index (χ2v) is 7.58. The van der Waals surface area contributed by atoms with Gasteiger partial charge in [0.15, 0.2) is 0 Å². The Morgan fingerprint density at radius 2 is 1.97 bits per heavy atom. The summed E-state index contributed by atoms with van der Waals surface area (Å²) >= 11 is 0. The SMILES string of the molecule is CC(C)COc1ccccc1C(=O)Nc1cccc(C(=O)NCC2CCCO2)c1. The molecule has 2 amide bonds. The molecule has 6 heteroatoms. The summed E-state index contributed by atoms with van der Waals surface area (Å²) in [4.78, 5) is 25.2. The number of benzene rings is 2. The molecule has 0 aliphatic carbocycles. The fraction of sp³-hybridized carbons (Fsp3) is 0.391. The van der Waals surface area contributed by atoms with Crippen LogP contribution in [0.25, 0.3) is 0 Å². The molecule has 154 valence electrons. The molecule has 1 aliphatic heterocycles. The first-order valence-corrected chi connectivity index (χ1v) is 10.1. The summed E-state index contributed by atoms with van der Waals surface area (Å²) in [5, 5.41) is 5.75. The Hall–Kier alpha value is -2.86. The maximum absolute atomic E-state index is 12.8. The number of amides is 2. The monoisotopic (exact) mass is 396 g/mol. The summed E-state index contributed by atoms with van der Waals surface area (Å²) in [6.45, 7) is 5.89. The number of hydrogen-bond donors (Lipinski definition) is 2. The van der Waals surface area contributed by atoms with Gasteiger partial charge in [0, 0.05) is 24.4 Å². The van der Waals surface area contributed by atoms with E-state index in [-0.39, 0.29) is 17.9 Å². The van der Waals surface area contributed by atoms with E-state index in [0.29, 0.717) is 41.6 Å². The molecular formula is C23H28N2O4. The Kier molecular flexibility index (Phi) is 7.25. The topological polar surface area (TPSA) is 76.7 Å². The van der Waals surface area contributed by atoms with Gasteiger partial charge in [0.2, 0.25) is 0 Å². The van der Waals surface area contributed by atoms with Crippen LogP contribution in [-0.2, 0) is 4.74 Å². The summed E-state index contributed by atoms with van der Waals surface area (Å²) in [5.74, 6) is 0.443. The van der Waals surface area contributed by atoms with Crippen LogP contribution in [0.3, 0.4) is 0 Å². The smallest absolute Gasteiger partial charge is 0.259 e. The molecule has 3 rings (SSSR count). The Morgan fingerprint density at radius 3 is 2.72 bits per heavy atom. The first-order valence-electron chi connectivity index (χ1n) is 10.1. The largest absolute Gasteiger partial charge is 0.492 e. The number of rotatable bonds is 8. The molecule has 0 saturated carbocycles. The van der Waals surface area contributed by atoms with E-state index in [9.17, 15) is 9.59 Å². The zero-order valence-electron chi connectivity index (χ0n) is 16.9. The lowest BCUT2D eigenvalue weighted by Gasteiger charge is -2.14. The van der Waals surface area contributed by atoms with E-state index in [0.717, 1.165) is 19.4 Å². The average Bonchev–Trinajstić information content (AvgIpc) is 3.24. The number of carbonyl (C=O) groups is 2. The highest BCUT2D eigenvalue weighted by molar-refractivity contribution is 6.06. The van der Waals surface area contributed by atoms with Crippen molar-refractivity contribution in [2.45, 2.75) is 32.8 Å². The normalized spacial score (nSPS) is 15.9. The molecule has 6 nitrogen and oxygen atoms in total. The molecule has 1 aliphatic rings. The minimum absolute atomic E-state index is 0.0872. The molecule has 2 aromatic rings. The maximum atomic E-state index is 12.8. The number of anilines is 1. The van der Waals surface area contributed by atoms with Crippen molar-refractivity contribution in [1.82, 2.24) is 5.32 Å². The minimum atomic E-state index is -0.277. The number of hydrogen-bond acceptors (Lipinski definition) is 4. The maximum Gasteiger partial charge on any atom is 0.259 e. The Morgan fingerprint density at radius 1 is 1.14 bits per heavy atom.